The van der Waals surface area contributed by atoms with Crippen LogP contribution in [-0.2, 0) is 23.3 Å². The number of alkyl halides is 3. The molecule has 0 unspecified atom stereocenters. The molecule has 1 aromatic heterocycles. The van der Waals surface area contributed by atoms with Gasteiger partial charge in [-0.2, -0.15) is 21.6 Å². The van der Waals surface area contributed by atoms with Gasteiger partial charge in [0.2, 0.25) is 0 Å². The Hall–Kier alpha value is -2.55. The third-order valence-electron chi connectivity index (χ3n) is 3.37. The van der Waals surface area contributed by atoms with Gasteiger partial charge in [0.05, 0.1) is 22.9 Å². The van der Waals surface area contributed by atoms with Crippen LogP contribution >= 0.6 is 0 Å². The summed E-state index contributed by atoms with van der Waals surface area (Å²) in [4.78, 5) is 3.72. The van der Waals surface area contributed by atoms with E-state index in [9.17, 15) is 21.6 Å². The first-order valence-electron chi connectivity index (χ1n) is 6.70. The Morgan fingerprint density at radius 1 is 1.08 bits per heavy atom. The molecule has 0 saturated heterocycles. The fourth-order valence-electron chi connectivity index (χ4n) is 2.15. The number of hydrogen-bond acceptors (Lipinski definition) is 4. The first-order chi connectivity index (χ1) is 11.2. The van der Waals surface area contributed by atoms with Crippen molar-refractivity contribution in [2.45, 2.75) is 11.1 Å². The fraction of sp³-hybridized carbons (Fsp3) is 0.133. The zero-order valence-electron chi connectivity index (χ0n) is 12.3. The van der Waals surface area contributed by atoms with E-state index in [1.807, 2.05) is 0 Å². The van der Waals surface area contributed by atoms with Crippen LogP contribution in [0.5, 0.6) is 5.75 Å². The summed E-state index contributed by atoms with van der Waals surface area (Å²) in [5.74, 6) is 0.0288. The van der Waals surface area contributed by atoms with Gasteiger partial charge in [-0.3, -0.25) is 0 Å². The second kappa shape index (κ2) is 5.52. The number of benzene rings is 2. The van der Waals surface area contributed by atoms with Crippen LogP contribution in [0.4, 0.5) is 13.2 Å². The van der Waals surface area contributed by atoms with Gasteiger partial charge < -0.3 is 8.75 Å². The van der Waals surface area contributed by atoms with Crippen LogP contribution in [0.2, 0.25) is 0 Å². The Bertz CT molecular complexity index is 993. The van der Waals surface area contributed by atoms with E-state index in [0.717, 1.165) is 17.6 Å². The van der Waals surface area contributed by atoms with Crippen LogP contribution in [0.15, 0.2) is 53.7 Å². The Balaban J connectivity index is 1.89. The summed E-state index contributed by atoms with van der Waals surface area (Å²) in [6.07, 6.45) is -2.97. The number of nitrogens with zero attached hydrogens (tertiary/aromatic N) is 2. The maximum atomic E-state index is 12.5. The second-order valence-electron chi connectivity index (χ2n) is 5.07. The van der Waals surface area contributed by atoms with Crippen molar-refractivity contribution in [3.63, 3.8) is 0 Å². The summed E-state index contributed by atoms with van der Waals surface area (Å²) in [5.41, 5.74) is 0.392. The molecule has 3 rings (SSSR count). The largest absolute Gasteiger partial charge is 0.416 e. The zero-order chi connectivity index (χ0) is 17.5. The summed E-state index contributed by atoms with van der Waals surface area (Å²) < 4.78 is 68.6. The average Bonchev–Trinajstić information content (AvgIpc) is 2.87. The van der Waals surface area contributed by atoms with Crippen molar-refractivity contribution in [2.75, 3.05) is 0 Å². The Morgan fingerprint density at radius 3 is 2.38 bits per heavy atom. The van der Waals surface area contributed by atoms with Crippen molar-refractivity contribution in [1.82, 2.24) is 9.55 Å². The van der Waals surface area contributed by atoms with Crippen LogP contribution in [0.25, 0.3) is 11.0 Å². The van der Waals surface area contributed by atoms with Crippen LogP contribution in [0, 0.1) is 0 Å². The topological polar surface area (TPSA) is 61.2 Å². The van der Waals surface area contributed by atoms with Gasteiger partial charge in [0.15, 0.2) is 0 Å². The third-order valence-corrected chi connectivity index (χ3v) is 4.63. The number of imidazole rings is 1. The average molecular weight is 356 g/mol. The molecule has 0 spiro atoms. The lowest BCUT2D eigenvalue weighted by Gasteiger charge is -2.09. The zero-order valence-corrected chi connectivity index (χ0v) is 13.1. The fourth-order valence-corrected chi connectivity index (χ4v) is 3.08. The van der Waals surface area contributed by atoms with E-state index in [2.05, 4.69) is 4.98 Å². The molecule has 0 radical (unpaired) electrons. The van der Waals surface area contributed by atoms with Gasteiger partial charge in [-0.05, 0) is 36.4 Å². The quantitative estimate of drug-likeness (QED) is 0.675. The summed E-state index contributed by atoms with van der Waals surface area (Å²) in [6, 6.07) is 7.63. The molecule has 24 heavy (non-hydrogen) atoms. The molecule has 0 aliphatic rings. The van der Waals surface area contributed by atoms with E-state index in [1.54, 1.807) is 24.0 Å². The Kier molecular flexibility index (Phi) is 3.75. The smallest absolute Gasteiger partial charge is 0.379 e. The van der Waals surface area contributed by atoms with Crippen LogP contribution in [-0.4, -0.2) is 18.0 Å². The molecule has 126 valence electrons. The van der Waals surface area contributed by atoms with Crippen LogP contribution in [0.3, 0.4) is 0 Å². The molecule has 0 N–H and O–H groups in total. The second-order valence-corrected chi connectivity index (χ2v) is 6.61. The molecule has 2 aromatic carbocycles. The summed E-state index contributed by atoms with van der Waals surface area (Å²) in [5, 5.41) is 0. The normalized spacial score (nSPS) is 12.5. The van der Waals surface area contributed by atoms with Crippen molar-refractivity contribution < 1.29 is 25.8 Å². The number of rotatable bonds is 3. The standard InChI is InChI=1S/C15H11F3N2O3S/c1-20-9-19-13-8-11(4-7-14(13)20)23-24(21,22)12-5-2-10(3-6-12)15(16,17)18/h2-9H,1H3. The maximum absolute atomic E-state index is 12.5. The number of fused-ring (bicyclic) bond motifs is 1. The lowest BCUT2D eigenvalue weighted by molar-refractivity contribution is -0.137. The number of aromatic nitrogens is 2. The van der Waals surface area contributed by atoms with E-state index < -0.39 is 21.9 Å². The van der Waals surface area contributed by atoms with E-state index >= 15 is 0 Å². The summed E-state index contributed by atoms with van der Waals surface area (Å²) in [6.45, 7) is 0. The minimum atomic E-state index is -4.53. The monoisotopic (exact) mass is 356 g/mol. The van der Waals surface area contributed by atoms with E-state index in [-0.39, 0.29) is 10.6 Å². The molecule has 5 nitrogen and oxygen atoms in total. The molecule has 9 heteroatoms. The molecule has 1 heterocycles. The molecular weight excluding hydrogens is 345 g/mol. The molecule has 0 aliphatic heterocycles. The molecule has 3 aromatic rings. The molecule has 0 aliphatic carbocycles. The summed E-state index contributed by atoms with van der Waals surface area (Å²) in [7, 11) is -2.45. The molecule has 0 fully saturated rings. The minimum absolute atomic E-state index is 0.0288. The van der Waals surface area contributed by atoms with Crippen molar-refractivity contribution in [1.29, 1.82) is 0 Å². The SMILES string of the molecule is Cn1cnc2cc(OS(=O)(=O)c3ccc(C(F)(F)F)cc3)ccc21. The molecule has 0 amide bonds. The van der Waals surface area contributed by atoms with Gasteiger partial charge in [0.25, 0.3) is 0 Å². The number of halogens is 3. The van der Waals surface area contributed by atoms with Gasteiger partial charge in [-0.15, -0.1) is 0 Å². The first-order valence-corrected chi connectivity index (χ1v) is 8.10. The van der Waals surface area contributed by atoms with Crippen LogP contribution in [0.1, 0.15) is 5.56 Å². The van der Waals surface area contributed by atoms with Gasteiger partial charge >= 0.3 is 16.3 Å². The van der Waals surface area contributed by atoms with Crippen molar-refractivity contribution in [3.05, 3.63) is 54.4 Å². The lowest BCUT2D eigenvalue weighted by Crippen LogP contribution is -2.11. The van der Waals surface area contributed by atoms with Gasteiger partial charge in [-0.1, -0.05) is 0 Å². The highest BCUT2D eigenvalue weighted by Crippen LogP contribution is 2.30. The minimum Gasteiger partial charge on any atom is -0.379 e. The molecule has 0 saturated carbocycles. The predicted octanol–water partition coefficient (Wildman–Crippen LogP) is 3.36. The van der Waals surface area contributed by atoms with Crippen molar-refractivity contribution in [3.8, 4) is 5.75 Å². The predicted molar refractivity (Wildman–Crippen MR) is 80.0 cm³/mol. The van der Waals surface area contributed by atoms with Crippen LogP contribution < -0.4 is 4.18 Å². The highest BCUT2D eigenvalue weighted by molar-refractivity contribution is 7.87. The lowest BCUT2D eigenvalue weighted by atomic mass is 10.2. The van der Waals surface area contributed by atoms with E-state index in [0.29, 0.717) is 17.6 Å². The third kappa shape index (κ3) is 3.07. The van der Waals surface area contributed by atoms with Crippen molar-refractivity contribution >= 4 is 21.2 Å². The molecule has 0 atom stereocenters. The Labute approximate surface area is 135 Å². The van der Waals surface area contributed by atoms with E-state index in [4.69, 9.17) is 4.18 Å². The maximum Gasteiger partial charge on any atom is 0.416 e. The molecule has 0 bridgehead atoms. The first kappa shape index (κ1) is 16.3. The summed E-state index contributed by atoms with van der Waals surface area (Å²) >= 11 is 0. The van der Waals surface area contributed by atoms with Crippen molar-refractivity contribution in [2.24, 2.45) is 7.05 Å². The highest BCUT2D eigenvalue weighted by Gasteiger charge is 2.30. The number of hydrogen-bond donors (Lipinski definition) is 0. The number of aryl methyl sites for hydroxylation is 1. The highest BCUT2D eigenvalue weighted by atomic mass is 32.2. The van der Waals surface area contributed by atoms with Gasteiger partial charge in [0.1, 0.15) is 10.6 Å². The van der Waals surface area contributed by atoms with Gasteiger partial charge in [-0.25, -0.2) is 4.98 Å². The molecular formula is C15H11F3N2O3S. The van der Waals surface area contributed by atoms with Gasteiger partial charge in [0, 0.05) is 13.1 Å². The van der Waals surface area contributed by atoms with E-state index in [1.165, 1.54) is 12.1 Å². The Morgan fingerprint density at radius 2 is 1.75 bits per heavy atom.